The smallest absolute Gasteiger partial charge is 0.246 e. The van der Waals surface area contributed by atoms with E-state index in [0.29, 0.717) is 24.2 Å². The number of aromatic nitrogens is 2. The summed E-state index contributed by atoms with van der Waals surface area (Å²) in [6.45, 7) is 4.85. The van der Waals surface area contributed by atoms with Gasteiger partial charge in [0.05, 0.1) is 0 Å². The topological polar surface area (TPSA) is 61.4 Å². The fraction of sp³-hybridized carbons (Fsp3) is 0.458. The minimum atomic E-state index is 0.0121. The van der Waals surface area contributed by atoms with Crippen LogP contribution in [0.2, 0.25) is 5.02 Å². The van der Waals surface area contributed by atoms with Gasteiger partial charge in [0.25, 0.3) is 0 Å². The summed E-state index contributed by atoms with van der Waals surface area (Å²) in [4.78, 5) is 26.1. The summed E-state index contributed by atoms with van der Waals surface area (Å²) in [5.74, 6) is 1.67. The van der Waals surface area contributed by atoms with Crippen molar-refractivity contribution in [2.45, 2.75) is 45.1 Å². The van der Waals surface area contributed by atoms with Gasteiger partial charge >= 0.3 is 0 Å². The molecule has 1 saturated heterocycles. The first kappa shape index (κ1) is 21.6. The highest BCUT2D eigenvalue weighted by Crippen LogP contribution is 2.23. The molecule has 1 aliphatic heterocycles. The third kappa shape index (κ3) is 5.76. The van der Waals surface area contributed by atoms with Crippen molar-refractivity contribution in [1.82, 2.24) is 14.9 Å². The molecule has 164 valence electrons. The lowest BCUT2D eigenvalue weighted by Crippen LogP contribution is -2.48. The summed E-state index contributed by atoms with van der Waals surface area (Å²) < 4.78 is 0. The SMILES string of the molecule is Cc1cc(N2CCN(C(=O)/C=C/c3ccccc3Cl)CC2)nc(NC2CCCCC2)n1. The van der Waals surface area contributed by atoms with Gasteiger partial charge in [-0.25, -0.2) is 4.98 Å². The maximum Gasteiger partial charge on any atom is 0.246 e. The van der Waals surface area contributed by atoms with E-state index in [2.05, 4.69) is 15.2 Å². The van der Waals surface area contributed by atoms with Crippen LogP contribution in [0.1, 0.15) is 43.4 Å². The lowest BCUT2D eigenvalue weighted by molar-refractivity contribution is -0.126. The lowest BCUT2D eigenvalue weighted by atomic mass is 9.96. The summed E-state index contributed by atoms with van der Waals surface area (Å²) >= 11 is 6.17. The number of aryl methyl sites for hydroxylation is 1. The van der Waals surface area contributed by atoms with E-state index in [1.165, 1.54) is 32.1 Å². The molecule has 2 fully saturated rings. The highest BCUT2D eigenvalue weighted by Gasteiger charge is 2.22. The van der Waals surface area contributed by atoms with Crippen LogP contribution in [0, 0.1) is 6.92 Å². The maximum atomic E-state index is 12.6. The monoisotopic (exact) mass is 439 g/mol. The molecule has 0 bridgehead atoms. The van der Waals surface area contributed by atoms with Gasteiger partial charge in [-0.2, -0.15) is 4.98 Å². The van der Waals surface area contributed by atoms with Crippen molar-refractivity contribution in [3.8, 4) is 0 Å². The molecule has 1 aromatic heterocycles. The van der Waals surface area contributed by atoms with Gasteiger partial charge in [0.2, 0.25) is 11.9 Å². The molecule has 0 unspecified atom stereocenters. The van der Waals surface area contributed by atoms with E-state index in [1.54, 1.807) is 12.2 Å². The average Bonchev–Trinajstić information content (AvgIpc) is 2.79. The second-order valence-corrected chi connectivity index (χ2v) is 8.74. The Morgan fingerprint density at radius 2 is 1.84 bits per heavy atom. The molecule has 4 rings (SSSR count). The van der Waals surface area contributed by atoms with Crippen LogP contribution in [0.25, 0.3) is 6.08 Å². The van der Waals surface area contributed by atoms with Crippen LogP contribution in [0.15, 0.2) is 36.4 Å². The van der Waals surface area contributed by atoms with Crippen LogP contribution < -0.4 is 10.2 Å². The Morgan fingerprint density at radius 1 is 1.10 bits per heavy atom. The molecule has 2 heterocycles. The van der Waals surface area contributed by atoms with E-state index in [1.807, 2.05) is 42.2 Å². The number of nitrogens with zero attached hydrogens (tertiary/aromatic N) is 4. The van der Waals surface area contributed by atoms with Crippen molar-refractivity contribution in [2.24, 2.45) is 0 Å². The maximum absolute atomic E-state index is 12.6. The molecule has 0 spiro atoms. The first-order chi connectivity index (χ1) is 15.1. The highest BCUT2D eigenvalue weighted by molar-refractivity contribution is 6.32. The Hall–Kier alpha value is -2.60. The third-order valence-corrected chi connectivity index (χ3v) is 6.35. The van der Waals surface area contributed by atoms with Crippen LogP contribution in [-0.4, -0.2) is 53.0 Å². The molecule has 0 atom stereocenters. The van der Waals surface area contributed by atoms with Crippen molar-refractivity contribution in [1.29, 1.82) is 0 Å². The van der Waals surface area contributed by atoms with Gasteiger partial charge in [0, 0.05) is 55.1 Å². The molecule has 2 aliphatic rings. The zero-order valence-electron chi connectivity index (χ0n) is 18.1. The predicted molar refractivity (Wildman–Crippen MR) is 127 cm³/mol. The molecular weight excluding hydrogens is 410 g/mol. The predicted octanol–water partition coefficient (Wildman–Crippen LogP) is 4.55. The molecule has 31 heavy (non-hydrogen) atoms. The fourth-order valence-electron chi connectivity index (χ4n) is 4.24. The number of hydrogen-bond acceptors (Lipinski definition) is 5. The Kier molecular flexibility index (Phi) is 7.07. The van der Waals surface area contributed by atoms with Gasteiger partial charge in [0.15, 0.2) is 0 Å². The minimum Gasteiger partial charge on any atom is -0.353 e. The van der Waals surface area contributed by atoms with Crippen LogP contribution in [0.4, 0.5) is 11.8 Å². The normalized spacial score (nSPS) is 17.9. The first-order valence-corrected chi connectivity index (χ1v) is 11.5. The Balaban J connectivity index is 1.35. The van der Waals surface area contributed by atoms with Crippen LogP contribution in [0.3, 0.4) is 0 Å². The van der Waals surface area contributed by atoms with Gasteiger partial charge in [-0.05, 0) is 37.5 Å². The van der Waals surface area contributed by atoms with E-state index in [-0.39, 0.29) is 5.91 Å². The molecular formula is C24H30ClN5O. The molecule has 6 nitrogen and oxygen atoms in total. The van der Waals surface area contributed by atoms with Crippen molar-refractivity contribution >= 4 is 35.4 Å². The number of benzene rings is 1. The Morgan fingerprint density at radius 3 is 2.58 bits per heavy atom. The average molecular weight is 440 g/mol. The number of nitrogens with one attached hydrogen (secondary N) is 1. The number of anilines is 2. The number of amides is 1. The third-order valence-electron chi connectivity index (χ3n) is 6.01. The molecule has 1 aromatic carbocycles. The number of hydrogen-bond donors (Lipinski definition) is 1. The minimum absolute atomic E-state index is 0.0121. The molecule has 1 aliphatic carbocycles. The lowest BCUT2D eigenvalue weighted by Gasteiger charge is -2.35. The van der Waals surface area contributed by atoms with E-state index < -0.39 is 0 Å². The van der Waals surface area contributed by atoms with E-state index in [9.17, 15) is 4.79 Å². The standard InChI is InChI=1S/C24H30ClN5O/c1-18-17-22(28-24(26-18)27-20-8-3-2-4-9-20)29-13-15-30(16-14-29)23(31)12-11-19-7-5-6-10-21(19)25/h5-7,10-12,17,20H,2-4,8-9,13-16H2,1H3,(H,26,27,28)/b12-11+. The molecule has 2 aromatic rings. The van der Waals surface area contributed by atoms with Gasteiger partial charge < -0.3 is 15.1 Å². The summed E-state index contributed by atoms with van der Waals surface area (Å²) in [6, 6.07) is 10.0. The second-order valence-electron chi connectivity index (χ2n) is 8.34. The molecule has 1 saturated carbocycles. The fourth-order valence-corrected chi connectivity index (χ4v) is 4.44. The summed E-state index contributed by atoms with van der Waals surface area (Å²) in [6.07, 6.45) is 9.65. The van der Waals surface area contributed by atoms with E-state index in [4.69, 9.17) is 16.6 Å². The first-order valence-electron chi connectivity index (χ1n) is 11.2. The van der Waals surface area contributed by atoms with Gasteiger partial charge in [-0.3, -0.25) is 4.79 Å². The number of carbonyl (C=O) groups excluding carboxylic acids is 1. The summed E-state index contributed by atoms with van der Waals surface area (Å²) in [5, 5.41) is 4.18. The van der Waals surface area contributed by atoms with Crippen molar-refractivity contribution < 1.29 is 4.79 Å². The molecule has 1 N–H and O–H groups in total. The zero-order chi connectivity index (χ0) is 21.6. The zero-order valence-corrected chi connectivity index (χ0v) is 18.8. The molecule has 7 heteroatoms. The van der Waals surface area contributed by atoms with Gasteiger partial charge in [0.1, 0.15) is 5.82 Å². The van der Waals surface area contributed by atoms with Crippen LogP contribution in [-0.2, 0) is 4.79 Å². The Labute approximate surface area is 189 Å². The number of halogens is 1. The number of piperazine rings is 1. The van der Waals surface area contributed by atoms with E-state index >= 15 is 0 Å². The van der Waals surface area contributed by atoms with Crippen molar-refractivity contribution in [3.05, 3.63) is 52.7 Å². The Bertz CT molecular complexity index is 933. The summed E-state index contributed by atoms with van der Waals surface area (Å²) in [7, 11) is 0. The quantitative estimate of drug-likeness (QED) is 0.693. The van der Waals surface area contributed by atoms with Gasteiger partial charge in [-0.15, -0.1) is 0 Å². The molecule has 0 radical (unpaired) electrons. The van der Waals surface area contributed by atoms with Gasteiger partial charge in [-0.1, -0.05) is 49.1 Å². The second kappa shape index (κ2) is 10.1. The summed E-state index contributed by atoms with van der Waals surface area (Å²) in [5.41, 5.74) is 1.81. The highest BCUT2D eigenvalue weighted by atomic mass is 35.5. The van der Waals surface area contributed by atoms with E-state index in [0.717, 1.165) is 36.1 Å². The van der Waals surface area contributed by atoms with Crippen molar-refractivity contribution in [3.63, 3.8) is 0 Å². The van der Waals surface area contributed by atoms with Crippen LogP contribution >= 0.6 is 11.6 Å². The van der Waals surface area contributed by atoms with Crippen molar-refractivity contribution in [2.75, 3.05) is 36.4 Å². The number of carbonyl (C=O) groups is 1. The molecule has 1 amide bonds. The number of rotatable bonds is 5. The van der Waals surface area contributed by atoms with Crippen LogP contribution in [0.5, 0.6) is 0 Å². The largest absolute Gasteiger partial charge is 0.353 e.